The van der Waals surface area contributed by atoms with Crippen molar-refractivity contribution in [3.8, 4) is 5.75 Å². The van der Waals surface area contributed by atoms with Crippen LogP contribution >= 0.6 is 0 Å². The summed E-state index contributed by atoms with van der Waals surface area (Å²) < 4.78 is 23.5. The highest BCUT2D eigenvalue weighted by molar-refractivity contribution is 5.99. The zero-order valence-electron chi connectivity index (χ0n) is 22.6. The van der Waals surface area contributed by atoms with Crippen LogP contribution in [0.1, 0.15) is 20.7 Å². The van der Waals surface area contributed by atoms with E-state index in [0.29, 0.717) is 48.7 Å². The van der Waals surface area contributed by atoms with Crippen LogP contribution in [0, 0.1) is 5.82 Å². The summed E-state index contributed by atoms with van der Waals surface area (Å²) in [5, 5.41) is 2.83. The Morgan fingerprint density at radius 3 is 2.08 bits per heavy atom. The molecule has 9 nitrogen and oxygen atoms in total. The van der Waals surface area contributed by atoms with Crippen molar-refractivity contribution in [1.82, 2.24) is 9.80 Å². The maximum atomic E-state index is 13.3. The Bertz CT molecular complexity index is 1290. The first kappa shape index (κ1) is 28.6. The molecule has 0 atom stereocenters. The third-order valence-electron chi connectivity index (χ3n) is 6.70. The third kappa shape index (κ3) is 7.35. The fourth-order valence-electron chi connectivity index (χ4n) is 4.44. The van der Waals surface area contributed by atoms with E-state index in [9.17, 15) is 18.8 Å². The molecule has 0 aromatic heterocycles. The number of methoxy groups -OCH3 is 2. The van der Waals surface area contributed by atoms with Crippen LogP contribution in [0.5, 0.6) is 5.75 Å². The molecule has 1 fully saturated rings. The number of hydrogen-bond donors (Lipinski definition) is 1. The molecule has 210 valence electrons. The molecule has 1 saturated heterocycles. The van der Waals surface area contributed by atoms with Crippen molar-refractivity contribution in [2.45, 2.75) is 0 Å². The van der Waals surface area contributed by atoms with Crippen molar-refractivity contribution < 1.29 is 28.2 Å². The van der Waals surface area contributed by atoms with E-state index in [4.69, 9.17) is 9.47 Å². The number of halogens is 1. The molecule has 0 saturated carbocycles. The third-order valence-corrected chi connectivity index (χ3v) is 6.70. The molecule has 0 radical (unpaired) electrons. The van der Waals surface area contributed by atoms with E-state index in [1.807, 2.05) is 29.2 Å². The van der Waals surface area contributed by atoms with Gasteiger partial charge in [-0.25, -0.2) is 4.39 Å². The summed E-state index contributed by atoms with van der Waals surface area (Å²) in [5.41, 5.74) is 2.51. The Labute approximate surface area is 233 Å². The molecule has 3 aromatic rings. The van der Waals surface area contributed by atoms with E-state index in [0.717, 1.165) is 5.69 Å². The van der Waals surface area contributed by atoms with E-state index in [-0.39, 0.29) is 37.4 Å². The minimum atomic E-state index is -0.440. The van der Waals surface area contributed by atoms with Crippen LogP contribution < -0.4 is 15.0 Å². The number of benzene rings is 3. The number of carbonyl (C=O) groups is 3. The lowest BCUT2D eigenvalue weighted by Crippen LogP contribution is -2.48. The highest BCUT2D eigenvalue weighted by Crippen LogP contribution is 2.21. The molecule has 3 amide bonds. The fourth-order valence-corrected chi connectivity index (χ4v) is 4.44. The number of anilines is 2. The van der Waals surface area contributed by atoms with Crippen molar-refractivity contribution in [1.29, 1.82) is 0 Å². The number of amides is 3. The summed E-state index contributed by atoms with van der Waals surface area (Å²) >= 11 is 0. The van der Waals surface area contributed by atoms with Crippen LogP contribution in [0.15, 0.2) is 72.8 Å². The average molecular weight is 549 g/mol. The largest absolute Gasteiger partial charge is 0.497 e. The Hall–Kier alpha value is -4.44. The lowest BCUT2D eigenvalue weighted by atomic mass is 10.1. The van der Waals surface area contributed by atoms with Gasteiger partial charge in [0.2, 0.25) is 5.91 Å². The molecule has 0 spiro atoms. The first-order chi connectivity index (χ1) is 19.4. The standard InChI is InChI=1S/C30H33FN4O5/c1-39-20-19-35(30(38)22-3-7-24(31)8-4-22)21-28(36)32-25-9-11-26(12-10-25)33-15-17-34(18-16-33)29(37)23-5-13-27(40-2)14-6-23/h3-14H,15-21H2,1-2H3,(H,32,36). The lowest BCUT2D eigenvalue weighted by molar-refractivity contribution is -0.117. The topological polar surface area (TPSA) is 91.4 Å². The predicted molar refractivity (Wildman–Crippen MR) is 150 cm³/mol. The Morgan fingerprint density at radius 2 is 1.48 bits per heavy atom. The van der Waals surface area contributed by atoms with Crippen LogP contribution in [0.4, 0.5) is 15.8 Å². The van der Waals surface area contributed by atoms with E-state index >= 15 is 0 Å². The monoisotopic (exact) mass is 548 g/mol. The Kier molecular flexibility index (Phi) is 9.69. The van der Waals surface area contributed by atoms with Gasteiger partial charge in [-0.15, -0.1) is 0 Å². The number of rotatable bonds is 10. The molecule has 1 heterocycles. The second-order valence-electron chi connectivity index (χ2n) is 9.33. The lowest BCUT2D eigenvalue weighted by Gasteiger charge is -2.36. The van der Waals surface area contributed by atoms with Crippen molar-refractivity contribution in [2.75, 3.05) is 70.3 Å². The van der Waals surface area contributed by atoms with E-state index in [2.05, 4.69) is 10.2 Å². The minimum absolute atomic E-state index is 0.00202. The molecule has 40 heavy (non-hydrogen) atoms. The van der Waals surface area contributed by atoms with E-state index in [1.165, 1.54) is 36.3 Å². The fraction of sp³-hybridized carbons (Fsp3) is 0.300. The first-order valence-corrected chi connectivity index (χ1v) is 13.0. The van der Waals surface area contributed by atoms with Crippen molar-refractivity contribution in [3.63, 3.8) is 0 Å². The molecule has 3 aromatic carbocycles. The maximum Gasteiger partial charge on any atom is 0.254 e. The van der Waals surface area contributed by atoms with Crippen LogP contribution in [0.3, 0.4) is 0 Å². The quantitative estimate of drug-likeness (QED) is 0.417. The first-order valence-electron chi connectivity index (χ1n) is 13.0. The number of piperazine rings is 1. The predicted octanol–water partition coefficient (Wildman–Crippen LogP) is 3.52. The Balaban J connectivity index is 1.30. The zero-order chi connectivity index (χ0) is 28.5. The summed E-state index contributed by atoms with van der Waals surface area (Å²) in [5.74, 6) is -0.469. The highest BCUT2D eigenvalue weighted by Gasteiger charge is 2.23. The van der Waals surface area contributed by atoms with Gasteiger partial charge in [0, 0.05) is 62.3 Å². The summed E-state index contributed by atoms with van der Waals surface area (Å²) in [6.07, 6.45) is 0. The number of nitrogens with one attached hydrogen (secondary N) is 1. The van der Waals surface area contributed by atoms with Crippen LogP contribution in [-0.2, 0) is 9.53 Å². The van der Waals surface area contributed by atoms with Gasteiger partial charge in [0.25, 0.3) is 11.8 Å². The van der Waals surface area contributed by atoms with Crippen molar-refractivity contribution in [2.24, 2.45) is 0 Å². The number of ether oxygens (including phenoxy) is 2. The summed E-state index contributed by atoms with van der Waals surface area (Å²) in [6.45, 7) is 2.87. The smallest absolute Gasteiger partial charge is 0.254 e. The van der Waals surface area contributed by atoms with Crippen molar-refractivity contribution in [3.05, 3.63) is 89.7 Å². The molecule has 0 aliphatic carbocycles. The summed E-state index contributed by atoms with van der Waals surface area (Å²) in [6, 6.07) is 19.8. The second-order valence-corrected chi connectivity index (χ2v) is 9.33. The Morgan fingerprint density at radius 1 is 0.850 bits per heavy atom. The molecule has 1 aliphatic rings. The van der Waals surface area contributed by atoms with Gasteiger partial charge < -0.3 is 29.5 Å². The van der Waals surface area contributed by atoms with Gasteiger partial charge in [-0.1, -0.05) is 0 Å². The van der Waals surface area contributed by atoms with Gasteiger partial charge in [-0.3, -0.25) is 14.4 Å². The van der Waals surface area contributed by atoms with Gasteiger partial charge in [-0.2, -0.15) is 0 Å². The molecule has 1 N–H and O–H groups in total. The van der Waals surface area contributed by atoms with Gasteiger partial charge in [0.1, 0.15) is 18.1 Å². The van der Waals surface area contributed by atoms with Crippen molar-refractivity contribution >= 4 is 29.1 Å². The number of nitrogens with zero attached hydrogens (tertiary/aromatic N) is 3. The van der Waals surface area contributed by atoms with Gasteiger partial charge in [0.05, 0.1) is 13.7 Å². The average Bonchev–Trinajstić information content (AvgIpc) is 2.99. The number of carbonyl (C=O) groups excluding carboxylic acids is 3. The van der Waals surface area contributed by atoms with Gasteiger partial charge >= 0.3 is 0 Å². The zero-order valence-corrected chi connectivity index (χ0v) is 22.6. The highest BCUT2D eigenvalue weighted by atomic mass is 19.1. The molecule has 0 bridgehead atoms. The van der Waals surface area contributed by atoms with Gasteiger partial charge in [0.15, 0.2) is 0 Å². The van der Waals surface area contributed by atoms with E-state index in [1.54, 1.807) is 31.4 Å². The molecule has 10 heteroatoms. The van der Waals surface area contributed by atoms with Crippen LogP contribution in [0.25, 0.3) is 0 Å². The molecule has 1 aliphatic heterocycles. The molecular formula is C30H33FN4O5. The maximum absolute atomic E-state index is 13.3. The SMILES string of the molecule is COCCN(CC(=O)Nc1ccc(N2CCN(C(=O)c3ccc(OC)cc3)CC2)cc1)C(=O)c1ccc(F)cc1. The second kappa shape index (κ2) is 13.6. The summed E-state index contributed by atoms with van der Waals surface area (Å²) in [4.78, 5) is 43.9. The van der Waals surface area contributed by atoms with Crippen LogP contribution in [0.2, 0.25) is 0 Å². The van der Waals surface area contributed by atoms with Crippen LogP contribution in [-0.4, -0.2) is 87.6 Å². The van der Waals surface area contributed by atoms with Gasteiger partial charge in [-0.05, 0) is 72.8 Å². The summed E-state index contributed by atoms with van der Waals surface area (Å²) in [7, 11) is 3.11. The molecule has 4 rings (SSSR count). The molecule has 0 unspecified atom stereocenters. The normalized spacial score (nSPS) is 13.1. The minimum Gasteiger partial charge on any atom is -0.497 e. The number of hydrogen-bond acceptors (Lipinski definition) is 6. The van der Waals surface area contributed by atoms with E-state index < -0.39 is 5.82 Å². The molecular weight excluding hydrogens is 515 g/mol.